The number of hydrogen-bond acceptors (Lipinski definition) is 1. The SMILES string of the molecule is COC1CCCC1.Fc1cccc(Br)c1. The lowest BCUT2D eigenvalue weighted by Crippen LogP contribution is -2.01. The molecule has 0 bridgehead atoms. The van der Waals surface area contributed by atoms with E-state index in [-0.39, 0.29) is 5.82 Å². The van der Waals surface area contributed by atoms with E-state index in [1.54, 1.807) is 19.2 Å². The first-order valence-electron chi connectivity index (χ1n) is 5.16. The fourth-order valence-corrected chi connectivity index (χ4v) is 1.96. The molecule has 84 valence electrons. The van der Waals surface area contributed by atoms with Gasteiger partial charge in [0.15, 0.2) is 0 Å². The van der Waals surface area contributed by atoms with Crippen LogP contribution >= 0.6 is 15.9 Å². The minimum atomic E-state index is -0.209. The second kappa shape index (κ2) is 6.96. The van der Waals surface area contributed by atoms with E-state index >= 15 is 0 Å². The lowest BCUT2D eigenvalue weighted by atomic mass is 10.3. The van der Waals surface area contributed by atoms with Crippen LogP contribution in [-0.4, -0.2) is 13.2 Å². The number of ether oxygens (including phenoxy) is 1. The van der Waals surface area contributed by atoms with Gasteiger partial charge in [-0.2, -0.15) is 0 Å². The summed E-state index contributed by atoms with van der Waals surface area (Å²) in [6.45, 7) is 0. The number of methoxy groups -OCH3 is 1. The summed E-state index contributed by atoms with van der Waals surface area (Å²) < 4.78 is 18.0. The zero-order chi connectivity index (χ0) is 11.1. The van der Waals surface area contributed by atoms with Gasteiger partial charge in [-0.15, -0.1) is 0 Å². The van der Waals surface area contributed by atoms with Crippen molar-refractivity contribution in [2.24, 2.45) is 0 Å². The molecule has 0 N–H and O–H groups in total. The summed E-state index contributed by atoms with van der Waals surface area (Å²) in [5.41, 5.74) is 0. The molecule has 1 aliphatic rings. The van der Waals surface area contributed by atoms with Crippen molar-refractivity contribution in [3.8, 4) is 0 Å². The van der Waals surface area contributed by atoms with Gasteiger partial charge in [-0.3, -0.25) is 0 Å². The molecule has 1 aromatic rings. The predicted octanol–water partition coefficient (Wildman–Crippen LogP) is 4.16. The Morgan fingerprint density at radius 3 is 2.33 bits per heavy atom. The quantitative estimate of drug-likeness (QED) is 0.747. The van der Waals surface area contributed by atoms with Crippen LogP contribution in [0.15, 0.2) is 28.7 Å². The van der Waals surface area contributed by atoms with Crippen LogP contribution in [0, 0.1) is 5.82 Å². The molecule has 1 aromatic carbocycles. The third-order valence-corrected chi connectivity index (χ3v) is 2.92. The highest BCUT2D eigenvalue weighted by molar-refractivity contribution is 9.10. The van der Waals surface area contributed by atoms with Gasteiger partial charge in [-0.25, -0.2) is 4.39 Å². The van der Waals surface area contributed by atoms with Crippen molar-refractivity contribution in [3.05, 3.63) is 34.6 Å². The lowest BCUT2D eigenvalue weighted by Gasteiger charge is -2.02. The van der Waals surface area contributed by atoms with Crippen LogP contribution in [0.4, 0.5) is 4.39 Å². The average Bonchev–Trinajstić information content (AvgIpc) is 2.70. The van der Waals surface area contributed by atoms with Gasteiger partial charge in [0.05, 0.1) is 6.10 Å². The van der Waals surface area contributed by atoms with E-state index in [1.807, 2.05) is 0 Å². The van der Waals surface area contributed by atoms with Gasteiger partial charge in [-0.05, 0) is 31.0 Å². The zero-order valence-corrected chi connectivity index (χ0v) is 10.5. The van der Waals surface area contributed by atoms with Crippen LogP contribution in [0.2, 0.25) is 0 Å². The summed E-state index contributed by atoms with van der Waals surface area (Å²) in [6.07, 6.45) is 5.92. The van der Waals surface area contributed by atoms with Crippen LogP contribution in [0.3, 0.4) is 0 Å². The smallest absolute Gasteiger partial charge is 0.124 e. The molecular weight excluding hydrogens is 259 g/mol. The Balaban J connectivity index is 0.000000151. The van der Waals surface area contributed by atoms with Crippen molar-refractivity contribution in [2.75, 3.05) is 7.11 Å². The van der Waals surface area contributed by atoms with Gasteiger partial charge in [0, 0.05) is 11.6 Å². The molecule has 1 nitrogen and oxygen atoms in total. The maximum atomic E-state index is 12.1. The molecule has 0 heterocycles. The second-order valence-electron chi connectivity index (χ2n) is 3.58. The van der Waals surface area contributed by atoms with Gasteiger partial charge in [-0.1, -0.05) is 34.8 Å². The molecule has 1 aliphatic carbocycles. The van der Waals surface area contributed by atoms with Gasteiger partial charge < -0.3 is 4.74 Å². The standard InChI is InChI=1S/C6H4BrF.C6H12O/c7-5-2-1-3-6(8)4-5;1-7-6-4-2-3-5-6/h1-4H;6H,2-5H2,1H3. The van der Waals surface area contributed by atoms with Crippen molar-refractivity contribution in [1.29, 1.82) is 0 Å². The molecule has 1 saturated carbocycles. The normalized spacial score (nSPS) is 15.9. The molecule has 15 heavy (non-hydrogen) atoms. The molecular formula is C12H16BrFO. The summed E-state index contributed by atoms with van der Waals surface area (Å²) in [5.74, 6) is -0.209. The Kier molecular flexibility index (Phi) is 5.88. The lowest BCUT2D eigenvalue weighted by molar-refractivity contribution is 0.109. The molecule has 0 saturated heterocycles. The maximum absolute atomic E-state index is 12.1. The first kappa shape index (κ1) is 12.7. The monoisotopic (exact) mass is 274 g/mol. The van der Waals surface area contributed by atoms with E-state index in [2.05, 4.69) is 15.9 Å². The minimum absolute atomic E-state index is 0.209. The Labute approximate surface area is 98.8 Å². The zero-order valence-electron chi connectivity index (χ0n) is 8.88. The van der Waals surface area contributed by atoms with E-state index in [0.29, 0.717) is 6.10 Å². The van der Waals surface area contributed by atoms with E-state index in [0.717, 1.165) is 4.47 Å². The number of rotatable bonds is 1. The van der Waals surface area contributed by atoms with Crippen molar-refractivity contribution in [3.63, 3.8) is 0 Å². The largest absolute Gasteiger partial charge is 0.381 e. The summed E-state index contributed by atoms with van der Waals surface area (Å²) >= 11 is 3.12. The molecule has 0 unspecified atom stereocenters. The maximum Gasteiger partial charge on any atom is 0.124 e. The Bertz CT molecular complexity index is 267. The van der Waals surface area contributed by atoms with Crippen LogP contribution in [0.5, 0.6) is 0 Å². The minimum Gasteiger partial charge on any atom is -0.381 e. The molecule has 0 atom stereocenters. The number of hydrogen-bond donors (Lipinski definition) is 0. The van der Waals surface area contributed by atoms with Gasteiger partial charge in [0.1, 0.15) is 5.82 Å². The summed E-state index contributed by atoms with van der Waals surface area (Å²) in [4.78, 5) is 0. The molecule has 0 aromatic heterocycles. The highest BCUT2D eigenvalue weighted by Crippen LogP contribution is 2.19. The van der Waals surface area contributed by atoms with Crippen LogP contribution in [0.1, 0.15) is 25.7 Å². The molecule has 0 amide bonds. The molecule has 1 fully saturated rings. The van der Waals surface area contributed by atoms with Crippen molar-refractivity contribution >= 4 is 15.9 Å². The van der Waals surface area contributed by atoms with E-state index < -0.39 is 0 Å². The third kappa shape index (κ3) is 5.28. The fourth-order valence-electron chi connectivity index (χ4n) is 1.58. The van der Waals surface area contributed by atoms with Crippen LogP contribution in [-0.2, 0) is 4.74 Å². The topological polar surface area (TPSA) is 9.23 Å². The predicted molar refractivity (Wildman–Crippen MR) is 63.4 cm³/mol. The van der Waals surface area contributed by atoms with E-state index in [9.17, 15) is 4.39 Å². The Morgan fingerprint density at radius 1 is 1.33 bits per heavy atom. The van der Waals surface area contributed by atoms with E-state index in [1.165, 1.54) is 37.8 Å². The van der Waals surface area contributed by atoms with Crippen molar-refractivity contribution in [2.45, 2.75) is 31.8 Å². The summed E-state index contributed by atoms with van der Waals surface area (Å²) in [5, 5.41) is 0. The summed E-state index contributed by atoms with van der Waals surface area (Å²) in [7, 11) is 1.80. The highest BCUT2D eigenvalue weighted by Gasteiger charge is 2.12. The molecule has 2 rings (SSSR count). The molecule has 0 spiro atoms. The number of halogens is 2. The van der Waals surface area contributed by atoms with Crippen LogP contribution < -0.4 is 0 Å². The van der Waals surface area contributed by atoms with E-state index in [4.69, 9.17) is 4.74 Å². The number of benzene rings is 1. The summed E-state index contributed by atoms with van der Waals surface area (Å²) in [6, 6.07) is 6.26. The fraction of sp³-hybridized carbons (Fsp3) is 0.500. The molecule has 0 radical (unpaired) electrons. The van der Waals surface area contributed by atoms with Gasteiger partial charge in [0.25, 0.3) is 0 Å². The van der Waals surface area contributed by atoms with Gasteiger partial charge >= 0.3 is 0 Å². The first-order valence-corrected chi connectivity index (χ1v) is 5.95. The van der Waals surface area contributed by atoms with Crippen molar-refractivity contribution < 1.29 is 9.13 Å². The molecule has 3 heteroatoms. The highest BCUT2D eigenvalue weighted by atomic mass is 79.9. The molecule has 0 aliphatic heterocycles. The van der Waals surface area contributed by atoms with Crippen LogP contribution in [0.25, 0.3) is 0 Å². The second-order valence-corrected chi connectivity index (χ2v) is 4.50. The average molecular weight is 275 g/mol. The first-order chi connectivity index (χ1) is 7.22. The Morgan fingerprint density at radius 2 is 2.00 bits per heavy atom. The Hall–Kier alpha value is -0.410. The van der Waals surface area contributed by atoms with Gasteiger partial charge in [0.2, 0.25) is 0 Å². The third-order valence-electron chi connectivity index (χ3n) is 2.42. The van der Waals surface area contributed by atoms with Crippen molar-refractivity contribution in [1.82, 2.24) is 0 Å².